The Morgan fingerprint density at radius 3 is 2.33 bits per heavy atom. The van der Waals surface area contributed by atoms with Crippen LogP contribution >= 0.6 is 0 Å². The van der Waals surface area contributed by atoms with Crippen molar-refractivity contribution in [2.45, 2.75) is 52.1 Å². The van der Waals surface area contributed by atoms with E-state index >= 15 is 0 Å². The van der Waals surface area contributed by atoms with Crippen LogP contribution in [0.3, 0.4) is 0 Å². The third-order valence-corrected chi connectivity index (χ3v) is 8.92. The van der Waals surface area contributed by atoms with Crippen LogP contribution in [0.2, 0.25) is 0 Å². The van der Waals surface area contributed by atoms with Crippen molar-refractivity contribution in [3.63, 3.8) is 0 Å². The molecule has 0 radical (unpaired) electrons. The average molecular weight is 603 g/mol. The topological polar surface area (TPSA) is 104 Å². The highest BCUT2D eigenvalue weighted by Crippen LogP contribution is 2.35. The van der Waals surface area contributed by atoms with E-state index in [0.29, 0.717) is 54.8 Å². The molecule has 2 amide bonds. The number of likely N-dealkylation sites (tertiary alicyclic amines) is 1. The van der Waals surface area contributed by atoms with Crippen LogP contribution in [-0.2, 0) is 18.4 Å². The molecule has 0 unspecified atom stereocenters. The van der Waals surface area contributed by atoms with Crippen molar-refractivity contribution in [2.24, 2.45) is 0 Å². The molecule has 0 saturated carbocycles. The molecule has 1 aliphatic heterocycles. The lowest BCUT2D eigenvalue weighted by atomic mass is 9.74. The number of hydrogen-bond acceptors (Lipinski definition) is 6. The molecule has 1 saturated heterocycles. The first kappa shape index (κ1) is 31.4. The zero-order valence-corrected chi connectivity index (χ0v) is 26.5. The van der Waals surface area contributed by atoms with Crippen molar-refractivity contribution in [2.75, 3.05) is 27.2 Å². The maximum atomic E-state index is 13.7. The van der Waals surface area contributed by atoms with Gasteiger partial charge in [0.15, 0.2) is 5.78 Å². The highest BCUT2D eigenvalue weighted by Gasteiger charge is 2.38. The molecule has 230 valence electrons. The molecule has 2 heterocycles. The van der Waals surface area contributed by atoms with Gasteiger partial charge in [0.05, 0.1) is 22.6 Å². The van der Waals surface area contributed by atoms with Gasteiger partial charge in [-0.1, -0.05) is 49.4 Å². The van der Waals surface area contributed by atoms with E-state index in [1.807, 2.05) is 56.3 Å². The number of fused-ring (bicyclic) bond motifs is 1. The smallest absolute Gasteiger partial charge is 0.272 e. The number of aromatic nitrogens is 1. The molecule has 8 heteroatoms. The number of nitrogens with zero attached hydrogens (tertiary/aromatic N) is 4. The van der Waals surface area contributed by atoms with Crippen LogP contribution in [-0.4, -0.2) is 59.6 Å². The number of amides is 2. The van der Waals surface area contributed by atoms with E-state index in [9.17, 15) is 19.6 Å². The number of rotatable bonds is 8. The van der Waals surface area contributed by atoms with Crippen LogP contribution in [0.4, 0.5) is 0 Å². The van der Waals surface area contributed by atoms with Gasteiger partial charge in [-0.05, 0) is 79.6 Å². The molecule has 1 fully saturated rings. The fourth-order valence-electron chi connectivity index (χ4n) is 6.21. The number of piperidine rings is 1. The Balaban J connectivity index is 1.41. The third kappa shape index (κ3) is 6.16. The highest BCUT2D eigenvalue weighted by atomic mass is 16.5. The summed E-state index contributed by atoms with van der Waals surface area (Å²) in [6.07, 6.45) is 1.79. The molecule has 1 aromatic heterocycles. The fraction of sp³-hybridized carbons (Fsp3) is 0.324. The summed E-state index contributed by atoms with van der Waals surface area (Å²) < 4.78 is 6.18. The third-order valence-electron chi connectivity index (χ3n) is 8.92. The molecule has 3 aromatic carbocycles. The molecule has 5 rings (SSSR count). The zero-order chi connectivity index (χ0) is 32.3. The van der Waals surface area contributed by atoms with E-state index in [-0.39, 0.29) is 23.3 Å². The minimum absolute atomic E-state index is 0.0446. The standard InChI is InChI=1S/C37H38N4O4/c1-6-29-24(2)26(12-14-30(29)25(3)42)22-45-28-13-15-33-31(20-28)32(35(43)40(4)5)21-34(39-33)36(44)41-18-16-37(23-38,17-19-41)27-10-8-7-9-11-27/h7-15,20-21H,6,16-19,22H2,1-5H3. The summed E-state index contributed by atoms with van der Waals surface area (Å²) in [7, 11) is 3.34. The SMILES string of the molecule is CCc1c(C(C)=O)ccc(COc2ccc3nc(C(=O)N4CCC(C#N)(c5ccccc5)CC4)cc(C(=O)N(C)C)c3c2)c1C. The van der Waals surface area contributed by atoms with Gasteiger partial charge < -0.3 is 14.5 Å². The van der Waals surface area contributed by atoms with Gasteiger partial charge >= 0.3 is 0 Å². The van der Waals surface area contributed by atoms with Gasteiger partial charge in [-0.25, -0.2) is 4.98 Å². The van der Waals surface area contributed by atoms with Gasteiger partial charge in [0.1, 0.15) is 18.1 Å². The second-order valence-electron chi connectivity index (χ2n) is 11.9. The van der Waals surface area contributed by atoms with Crippen LogP contribution in [0.5, 0.6) is 5.75 Å². The summed E-state index contributed by atoms with van der Waals surface area (Å²) in [5.41, 5.74) is 5.18. The van der Waals surface area contributed by atoms with E-state index in [1.54, 1.807) is 50.2 Å². The van der Waals surface area contributed by atoms with E-state index in [2.05, 4.69) is 11.1 Å². The van der Waals surface area contributed by atoms with Crippen LogP contribution < -0.4 is 4.74 Å². The average Bonchev–Trinajstić information content (AvgIpc) is 3.06. The van der Waals surface area contributed by atoms with E-state index < -0.39 is 5.41 Å². The molecular weight excluding hydrogens is 564 g/mol. The Labute approximate surface area is 264 Å². The van der Waals surface area contributed by atoms with Crippen molar-refractivity contribution >= 4 is 28.5 Å². The summed E-state index contributed by atoms with van der Waals surface area (Å²) >= 11 is 0. The van der Waals surface area contributed by atoms with Crippen LogP contribution in [0.25, 0.3) is 10.9 Å². The first-order chi connectivity index (χ1) is 21.6. The van der Waals surface area contributed by atoms with Crippen molar-refractivity contribution < 1.29 is 19.1 Å². The van der Waals surface area contributed by atoms with Gasteiger partial charge in [0.2, 0.25) is 0 Å². The zero-order valence-electron chi connectivity index (χ0n) is 26.5. The molecular formula is C37H38N4O4. The Bertz CT molecular complexity index is 1820. The minimum atomic E-state index is -0.635. The number of ketones is 1. The fourth-order valence-corrected chi connectivity index (χ4v) is 6.21. The Morgan fingerprint density at radius 2 is 1.71 bits per heavy atom. The van der Waals surface area contributed by atoms with Crippen LogP contribution in [0.1, 0.15) is 80.1 Å². The molecule has 0 atom stereocenters. The number of ether oxygens (including phenoxy) is 1. The monoisotopic (exact) mass is 602 g/mol. The second-order valence-corrected chi connectivity index (χ2v) is 11.9. The molecule has 0 aliphatic carbocycles. The first-order valence-corrected chi connectivity index (χ1v) is 15.3. The number of pyridine rings is 1. The Hall–Kier alpha value is -5.03. The maximum absolute atomic E-state index is 13.7. The van der Waals surface area contributed by atoms with Crippen molar-refractivity contribution in [1.82, 2.24) is 14.8 Å². The summed E-state index contributed by atoms with van der Waals surface area (Å²) in [6.45, 7) is 6.75. The summed E-state index contributed by atoms with van der Waals surface area (Å²) in [5, 5.41) is 10.7. The lowest BCUT2D eigenvalue weighted by Gasteiger charge is -2.37. The lowest BCUT2D eigenvalue weighted by Crippen LogP contribution is -2.45. The van der Waals surface area contributed by atoms with Gasteiger partial charge in [0, 0.05) is 38.1 Å². The number of hydrogen-bond donors (Lipinski definition) is 0. The van der Waals surface area contributed by atoms with Gasteiger partial charge in [0.25, 0.3) is 11.8 Å². The summed E-state index contributed by atoms with van der Waals surface area (Å²) in [5.74, 6) is 0.0983. The highest BCUT2D eigenvalue weighted by molar-refractivity contribution is 6.08. The lowest BCUT2D eigenvalue weighted by molar-refractivity contribution is 0.0686. The minimum Gasteiger partial charge on any atom is -0.489 e. The second kappa shape index (κ2) is 12.9. The molecule has 0 N–H and O–H groups in total. The van der Waals surface area contributed by atoms with Crippen molar-refractivity contribution in [3.8, 4) is 11.8 Å². The van der Waals surface area contributed by atoms with Crippen LogP contribution in [0.15, 0.2) is 66.7 Å². The number of nitriles is 1. The predicted molar refractivity (Wildman–Crippen MR) is 174 cm³/mol. The molecule has 1 aliphatic rings. The molecule has 0 bridgehead atoms. The van der Waals surface area contributed by atoms with E-state index in [4.69, 9.17) is 4.74 Å². The number of benzene rings is 3. The molecule has 0 spiro atoms. The maximum Gasteiger partial charge on any atom is 0.272 e. The van der Waals surface area contributed by atoms with Crippen molar-refractivity contribution in [1.29, 1.82) is 5.26 Å². The Kier molecular flexibility index (Phi) is 9.01. The van der Waals surface area contributed by atoms with Gasteiger partial charge in [-0.3, -0.25) is 14.4 Å². The summed E-state index contributed by atoms with van der Waals surface area (Å²) in [4.78, 5) is 47.0. The van der Waals surface area contributed by atoms with E-state index in [0.717, 1.165) is 34.2 Å². The predicted octanol–water partition coefficient (Wildman–Crippen LogP) is 6.29. The molecule has 45 heavy (non-hydrogen) atoms. The molecule has 8 nitrogen and oxygen atoms in total. The van der Waals surface area contributed by atoms with Crippen molar-refractivity contribution in [3.05, 3.63) is 106 Å². The number of carbonyl (C=O) groups excluding carboxylic acids is 3. The van der Waals surface area contributed by atoms with E-state index in [1.165, 1.54) is 4.90 Å². The molecule has 4 aromatic rings. The van der Waals surface area contributed by atoms with Gasteiger partial charge in [-0.2, -0.15) is 5.26 Å². The van der Waals surface area contributed by atoms with Gasteiger partial charge in [-0.15, -0.1) is 0 Å². The first-order valence-electron chi connectivity index (χ1n) is 15.3. The summed E-state index contributed by atoms with van der Waals surface area (Å²) in [6, 6.07) is 22.9. The largest absolute Gasteiger partial charge is 0.489 e. The normalized spacial score (nSPS) is 14.1. The number of Topliss-reactive ketones (excluding diaryl/α,β-unsaturated/α-hetero) is 1. The number of carbonyl (C=O) groups is 3. The van der Waals surface area contributed by atoms with Crippen LogP contribution in [0, 0.1) is 18.3 Å². The quantitative estimate of drug-likeness (QED) is 0.220. The Morgan fingerprint density at radius 1 is 1.00 bits per heavy atom.